The molecule has 13 heavy (non-hydrogen) atoms. The van der Waals surface area contributed by atoms with E-state index in [2.05, 4.69) is 4.99 Å². The van der Waals surface area contributed by atoms with Gasteiger partial charge in [-0.3, -0.25) is 4.79 Å². The van der Waals surface area contributed by atoms with E-state index >= 15 is 0 Å². The third-order valence-corrected chi connectivity index (χ3v) is 2.61. The van der Waals surface area contributed by atoms with Gasteiger partial charge in [-0.05, 0) is 13.2 Å². The van der Waals surface area contributed by atoms with E-state index in [-0.39, 0.29) is 16.6 Å². The summed E-state index contributed by atoms with van der Waals surface area (Å²) in [4.78, 5) is 15.2. The molecule has 0 aromatic carbocycles. The van der Waals surface area contributed by atoms with E-state index in [0.29, 0.717) is 5.84 Å². The summed E-state index contributed by atoms with van der Waals surface area (Å²) in [6.07, 6.45) is 1.88. The lowest BCUT2D eigenvalue weighted by atomic mass is 9.95. The molecule has 0 saturated carbocycles. The molecule has 3 nitrogen and oxygen atoms in total. The van der Waals surface area contributed by atoms with E-state index < -0.39 is 0 Å². The zero-order valence-corrected chi connectivity index (χ0v) is 9.73. The highest BCUT2D eigenvalue weighted by Gasteiger charge is 2.18. The number of nitrogens with zero attached hydrogens (tertiary/aromatic N) is 1. The maximum absolute atomic E-state index is 11.3. The molecule has 0 rings (SSSR count). The second-order valence-corrected chi connectivity index (χ2v) is 5.14. The smallest absolute Gasteiger partial charge is 0.260 e. The van der Waals surface area contributed by atoms with Crippen molar-refractivity contribution in [2.75, 3.05) is 6.26 Å². The largest absolute Gasteiger partial charge is 0.387 e. The molecule has 0 heterocycles. The summed E-state index contributed by atoms with van der Waals surface area (Å²) in [6, 6.07) is 0. The molecular weight excluding hydrogens is 184 g/mol. The quantitative estimate of drug-likeness (QED) is 0.547. The average molecular weight is 202 g/mol. The van der Waals surface area contributed by atoms with E-state index in [9.17, 15) is 4.79 Å². The zero-order valence-electron chi connectivity index (χ0n) is 8.92. The number of thioether (sulfide) groups is 1. The number of amidine groups is 1. The number of carbonyl (C=O) groups excluding carboxylic acids is 1. The Bertz CT molecular complexity index is 218. The molecule has 1 atom stereocenters. The fourth-order valence-electron chi connectivity index (χ4n) is 0.478. The molecule has 2 N–H and O–H groups in total. The van der Waals surface area contributed by atoms with E-state index in [1.807, 2.05) is 34.0 Å². The third kappa shape index (κ3) is 4.31. The van der Waals surface area contributed by atoms with Gasteiger partial charge >= 0.3 is 0 Å². The molecule has 1 unspecified atom stereocenters. The Balaban J connectivity index is 4.49. The highest BCUT2D eigenvalue weighted by molar-refractivity contribution is 7.99. The molecule has 0 aliphatic heterocycles. The van der Waals surface area contributed by atoms with Crippen molar-refractivity contribution < 1.29 is 4.79 Å². The van der Waals surface area contributed by atoms with E-state index in [1.54, 1.807) is 0 Å². The molecule has 0 aromatic rings. The second-order valence-electron chi connectivity index (χ2n) is 3.96. The summed E-state index contributed by atoms with van der Waals surface area (Å²) in [5, 5.41) is -0.110. The minimum atomic E-state index is -0.228. The Morgan fingerprint density at radius 1 is 1.46 bits per heavy atom. The highest BCUT2D eigenvalue weighted by atomic mass is 32.2. The molecule has 0 aliphatic rings. The van der Waals surface area contributed by atoms with Gasteiger partial charge in [-0.1, -0.05) is 20.8 Å². The number of hydrogen-bond acceptors (Lipinski definition) is 2. The molecule has 0 bridgehead atoms. The molecule has 0 saturated heterocycles. The van der Waals surface area contributed by atoms with Crippen LogP contribution in [0.5, 0.6) is 0 Å². The van der Waals surface area contributed by atoms with Gasteiger partial charge in [-0.15, -0.1) is 0 Å². The predicted molar refractivity (Wildman–Crippen MR) is 59.1 cm³/mol. The topological polar surface area (TPSA) is 55.5 Å². The Morgan fingerprint density at radius 2 is 1.92 bits per heavy atom. The standard InChI is InChI=1S/C9H18N2OS/c1-6(13-5)7(12)11-8(10)9(2,3)4/h6H,1-5H3,(H2,10,11,12). The first-order chi connectivity index (χ1) is 5.79. The molecule has 0 aromatic heterocycles. The van der Waals surface area contributed by atoms with E-state index in [0.717, 1.165) is 0 Å². The fourth-order valence-corrected chi connectivity index (χ4v) is 0.732. The van der Waals surface area contributed by atoms with Crippen LogP contribution in [0, 0.1) is 5.41 Å². The van der Waals surface area contributed by atoms with Gasteiger partial charge < -0.3 is 5.73 Å². The first-order valence-corrected chi connectivity index (χ1v) is 5.49. The molecule has 0 spiro atoms. The van der Waals surface area contributed by atoms with Gasteiger partial charge in [0.2, 0.25) is 0 Å². The molecule has 4 heteroatoms. The highest BCUT2D eigenvalue weighted by Crippen LogP contribution is 2.14. The SMILES string of the molecule is CSC(C)C(=O)N=C(N)C(C)(C)C. The Morgan fingerprint density at radius 3 is 2.23 bits per heavy atom. The number of rotatable bonds is 2. The van der Waals surface area contributed by atoms with Crippen molar-refractivity contribution in [1.82, 2.24) is 0 Å². The summed E-state index contributed by atoms with van der Waals surface area (Å²) in [5.41, 5.74) is 5.44. The van der Waals surface area contributed by atoms with Crippen molar-refractivity contribution in [3.8, 4) is 0 Å². The molecule has 0 aliphatic carbocycles. The van der Waals surface area contributed by atoms with Gasteiger partial charge in [0.15, 0.2) is 0 Å². The zero-order chi connectivity index (χ0) is 10.6. The molecule has 1 amide bonds. The van der Waals surface area contributed by atoms with Gasteiger partial charge in [0, 0.05) is 5.41 Å². The first kappa shape index (κ1) is 12.5. The van der Waals surface area contributed by atoms with Crippen molar-refractivity contribution >= 4 is 23.5 Å². The average Bonchev–Trinajstić information content (AvgIpc) is 2.01. The molecule has 0 fully saturated rings. The fraction of sp³-hybridized carbons (Fsp3) is 0.778. The normalized spacial score (nSPS) is 15.6. The number of nitrogens with two attached hydrogens (primary N) is 1. The maximum Gasteiger partial charge on any atom is 0.260 e. The van der Waals surface area contributed by atoms with Gasteiger partial charge in [0.1, 0.15) is 5.84 Å². The van der Waals surface area contributed by atoms with Gasteiger partial charge in [-0.25, -0.2) is 0 Å². The summed E-state index contributed by atoms with van der Waals surface area (Å²) in [7, 11) is 0. The lowest BCUT2D eigenvalue weighted by Crippen LogP contribution is -2.31. The Labute approximate surface area is 84.2 Å². The van der Waals surface area contributed by atoms with Crippen molar-refractivity contribution in [2.24, 2.45) is 16.1 Å². The van der Waals surface area contributed by atoms with Crippen LogP contribution in [0.1, 0.15) is 27.7 Å². The van der Waals surface area contributed by atoms with Crippen molar-refractivity contribution in [1.29, 1.82) is 0 Å². The monoisotopic (exact) mass is 202 g/mol. The van der Waals surface area contributed by atoms with Crippen LogP contribution < -0.4 is 5.73 Å². The minimum Gasteiger partial charge on any atom is -0.387 e. The summed E-state index contributed by atoms with van der Waals surface area (Å²) in [6.45, 7) is 7.63. The van der Waals surface area contributed by atoms with Crippen molar-refractivity contribution in [3.63, 3.8) is 0 Å². The number of aliphatic imine (C=N–C) groups is 1. The summed E-state index contributed by atoms with van der Waals surface area (Å²) < 4.78 is 0. The van der Waals surface area contributed by atoms with Crippen molar-refractivity contribution in [3.05, 3.63) is 0 Å². The molecular formula is C9H18N2OS. The van der Waals surface area contributed by atoms with Crippen LogP contribution in [-0.4, -0.2) is 23.2 Å². The summed E-state index contributed by atoms with van der Waals surface area (Å²) >= 11 is 1.47. The third-order valence-electron chi connectivity index (χ3n) is 1.70. The lowest BCUT2D eigenvalue weighted by molar-refractivity contribution is -0.117. The van der Waals surface area contributed by atoms with E-state index in [1.165, 1.54) is 11.8 Å². The lowest BCUT2D eigenvalue weighted by Gasteiger charge is -2.17. The van der Waals surface area contributed by atoms with Crippen LogP contribution in [0.25, 0.3) is 0 Å². The predicted octanol–water partition coefficient (Wildman–Crippen LogP) is 1.67. The molecule has 0 radical (unpaired) electrons. The van der Waals surface area contributed by atoms with Crippen LogP contribution in [0.15, 0.2) is 4.99 Å². The van der Waals surface area contributed by atoms with Crippen LogP contribution in [0.4, 0.5) is 0 Å². The van der Waals surface area contributed by atoms with E-state index in [4.69, 9.17) is 5.73 Å². The van der Waals surface area contributed by atoms with Crippen LogP contribution >= 0.6 is 11.8 Å². The van der Waals surface area contributed by atoms with Crippen LogP contribution in [0.2, 0.25) is 0 Å². The van der Waals surface area contributed by atoms with Gasteiger partial charge in [0.25, 0.3) is 5.91 Å². The summed E-state index contributed by atoms with van der Waals surface area (Å²) in [5.74, 6) is 0.248. The first-order valence-electron chi connectivity index (χ1n) is 4.20. The second kappa shape index (κ2) is 4.65. The van der Waals surface area contributed by atoms with Crippen molar-refractivity contribution in [2.45, 2.75) is 32.9 Å². The minimum absolute atomic E-state index is 0.110. The van der Waals surface area contributed by atoms with Crippen LogP contribution in [-0.2, 0) is 4.79 Å². The number of amides is 1. The maximum atomic E-state index is 11.3. The van der Waals surface area contributed by atoms with Gasteiger partial charge in [-0.2, -0.15) is 16.8 Å². The number of hydrogen-bond donors (Lipinski definition) is 1. The Hall–Kier alpha value is -0.510. The molecule has 76 valence electrons. The number of carbonyl (C=O) groups is 1. The Kier molecular flexibility index (Phi) is 4.47. The van der Waals surface area contributed by atoms with Crippen LogP contribution in [0.3, 0.4) is 0 Å². The van der Waals surface area contributed by atoms with Gasteiger partial charge in [0.05, 0.1) is 5.25 Å².